The molecule has 11 heteroatoms. The van der Waals surface area contributed by atoms with Gasteiger partial charge in [-0.25, -0.2) is 4.79 Å². The monoisotopic (exact) mass is 663 g/mol. The zero-order valence-electron chi connectivity index (χ0n) is 28.5. The maximum absolute atomic E-state index is 13.3. The van der Waals surface area contributed by atoms with Crippen LogP contribution in [0.3, 0.4) is 0 Å². The van der Waals surface area contributed by atoms with Crippen molar-refractivity contribution in [1.82, 2.24) is 9.55 Å². The third-order valence-corrected chi connectivity index (χ3v) is 22.0. The summed E-state index contributed by atoms with van der Waals surface area (Å²) in [7, 11) is -6.28. The molecule has 0 bridgehead atoms. The van der Waals surface area contributed by atoms with Crippen LogP contribution in [0.15, 0.2) is 17.1 Å². The lowest BCUT2D eigenvalue weighted by Crippen LogP contribution is -2.53. The molecule has 0 aromatic carbocycles. The molecule has 4 unspecified atom stereocenters. The second-order valence-electron chi connectivity index (χ2n) is 15.9. The molecule has 2 heterocycles. The molecule has 8 nitrogen and oxygen atoms in total. The van der Waals surface area contributed by atoms with Crippen molar-refractivity contribution in [3.05, 3.63) is 22.7 Å². The van der Waals surface area contributed by atoms with E-state index in [1.54, 1.807) is 16.8 Å². The number of ether oxygens (including phenoxy) is 1. The normalized spacial score (nSPS) is 28.9. The van der Waals surface area contributed by atoms with Gasteiger partial charge in [0.2, 0.25) is 0 Å². The van der Waals surface area contributed by atoms with E-state index in [2.05, 4.69) is 44.3 Å². The highest BCUT2D eigenvalue weighted by atomic mass is 28.4. The summed E-state index contributed by atoms with van der Waals surface area (Å²) in [5, 5.41) is 0. The van der Waals surface area contributed by atoms with E-state index in [1.807, 2.05) is 0 Å². The van der Waals surface area contributed by atoms with Crippen molar-refractivity contribution in [1.29, 1.82) is 0 Å². The number of nitrogen functional groups attached to an aromatic ring is 1. The van der Waals surface area contributed by atoms with Crippen LogP contribution in [0.4, 0.5) is 5.82 Å². The van der Waals surface area contributed by atoms with E-state index < -0.39 is 43.0 Å². The van der Waals surface area contributed by atoms with Crippen LogP contribution in [-0.2, 0) is 18.0 Å². The lowest BCUT2D eigenvalue weighted by Gasteiger charge is -2.43. The van der Waals surface area contributed by atoms with Crippen molar-refractivity contribution in [2.45, 2.75) is 177 Å². The molecule has 3 saturated carbocycles. The molecule has 1 aromatic rings. The van der Waals surface area contributed by atoms with Crippen LogP contribution in [0.25, 0.3) is 0 Å². The van der Waals surface area contributed by atoms with Gasteiger partial charge in [0.1, 0.15) is 24.1 Å². The lowest BCUT2D eigenvalue weighted by molar-refractivity contribution is -0.0506. The van der Waals surface area contributed by atoms with Crippen LogP contribution in [0.5, 0.6) is 0 Å². The van der Waals surface area contributed by atoms with E-state index in [-0.39, 0.29) is 18.0 Å². The minimum absolute atomic E-state index is 0.220. The molecule has 3 aliphatic carbocycles. The molecule has 4 aliphatic rings. The fraction of sp³-hybridized carbons (Fsp3) is 0.879. The van der Waals surface area contributed by atoms with Crippen LogP contribution in [-0.4, -0.2) is 59.4 Å². The molecule has 1 aromatic heterocycles. The van der Waals surface area contributed by atoms with Gasteiger partial charge in [-0.05, 0) is 62.0 Å². The van der Waals surface area contributed by atoms with E-state index in [1.165, 1.54) is 96.3 Å². The maximum atomic E-state index is 13.3. The third-order valence-electron chi connectivity index (χ3n) is 11.7. The Bertz CT molecular complexity index is 1130. The van der Waals surface area contributed by atoms with Gasteiger partial charge < -0.3 is 23.7 Å². The Morgan fingerprint density at radius 2 is 1.20 bits per heavy atom. The highest BCUT2D eigenvalue weighted by Crippen LogP contribution is 2.46. The van der Waals surface area contributed by atoms with Crippen molar-refractivity contribution in [2.24, 2.45) is 0 Å². The Hall–Kier alpha value is -0.829. The minimum atomic E-state index is -2.18. The molecule has 1 aliphatic heterocycles. The van der Waals surface area contributed by atoms with E-state index in [4.69, 9.17) is 23.7 Å². The predicted octanol–water partition coefficient (Wildman–Crippen LogP) is 8.13. The number of hydrogen-bond acceptors (Lipinski definition) is 7. The van der Waals surface area contributed by atoms with Crippen molar-refractivity contribution in [2.75, 3.05) is 12.3 Å². The van der Waals surface area contributed by atoms with Gasteiger partial charge in [0.25, 0.3) is 0 Å². The van der Waals surface area contributed by atoms with Crippen LogP contribution < -0.4 is 11.4 Å². The first-order valence-electron chi connectivity index (χ1n) is 17.9. The van der Waals surface area contributed by atoms with Gasteiger partial charge in [-0.2, -0.15) is 4.98 Å². The fourth-order valence-corrected chi connectivity index (χ4v) is 17.2. The molecular formula is C33H61N3O5Si3. The summed E-state index contributed by atoms with van der Waals surface area (Å²) >= 11 is 0. The summed E-state index contributed by atoms with van der Waals surface area (Å²) in [6.07, 6.45) is 19.3. The van der Waals surface area contributed by atoms with Crippen LogP contribution in [0.1, 0.15) is 103 Å². The van der Waals surface area contributed by atoms with Gasteiger partial charge >= 0.3 is 5.69 Å². The van der Waals surface area contributed by atoms with E-state index in [0.717, 1.165) is 0 Å². The van der Waals surface area contributed by atoms with E-state index >= 15 is 0 Å². The first-order chi connectivity index (χ1) is 20.9. The second-order valence-corrected chi connectivity index (χ2v) is 28.7. The summed E-state index contributed by atoms with van der Waals surface area (Å²) in [5.41, 5.74) is 7.41. The molecule has 0 radical (unpaired) electrons. The van der Waals surface area contributed by atoms with E-state index in [9.17, 15) is 4.79 Å². The maximum Gasteiger partial charge on any atom is 0.351 e. The first-order valence-corrected chi connectivity index (χ1v) is 26.8. The molecular weight excluding hydrogens is 603 g/mol. The quantitative estimate of drug-likeness (QED) is 0.239. The van der Waals surface area contributed by atoms with Crippen molar-refractivity contribution in [3.63, 3.8) is 0 Å². The molecule has 44 heavy (non-hydrogen) atoms. The molecule has 5 rings (SSSR count). The Balaban J connectivity index is 1.48. The third kappa shape index (κ3) is 8.17. The predicted molar refractivity (Wildman–Crippen MR) is 185 cm³/mol. The highest BCUT2D eigenvalue weighted by Gasteiger charge is 2.54. The number of rotatable bonds is 11. The van der Waals surface area contributed by atoms with Crippen LogP contribution in [0, 0.1) is 0 Å². The van der Waals surface area contributed by atoms with Gasteiger partial charge in [0.05, 0.1) is 6.61 Å². The smallest absolute Gasteiger partial charge is 0.351 e. The largest absolute Gasteiger partial charge is 0.414 e. The van der Waals surface area contributed by atoms with Crippen molar-refractivity contribution >= 4 is 30.8 Å². The molecule has 2 N–H and O–H groups in total. The zero-order valence-corrected chi connectivity index (χ0v) is 31.5. The number of aromatic nitrogens is 2. The molecule has 0 spiro atoms. The number of nitrogens with zero attached hydrogens (tertiary/aromatic N) is 2. The number of anilines is 1. The van der Waals surface area contributed by atoms with Gasteiger partial charge in [-0.1, -0.05) is 96.3 Å². The Labute approximate surface area is 269 Å². The average Bonchev–Trinajstić information content (AvgIpc) is 3.32. The molecule has 250 valence electrons. The standard InChI is InChI=1S/C33H61N3O5Si3/c1-42(2,25-16-10-7-11-17-25)38-24-28-30(40-43(3,4)26-18-12-8-13-19-26)31(41-44(5,6)27-20-14-9-15-21-27)32(39-28)36-23-22-29(34)35-33(36)37/h22-23,25-28,30-32H,7-21,24H2,1-6H3,(H2,34,35,37). The van der Waals surface area contributed by atoms with Gasteiger partial charge in [0.15, 0.2) is 31.2 Å². The second kappa shape index (κ2) is 14.5. The van der Waals surface area contributed by atoms with Crippen molar-refractivity contribution in [3.8, 4) is 0 Å². The SMILES string of the molecule is C[Si](C)(OCC1OC(n2ccc(N)nc2=O)C(O[Si](C)(C)C2CCCCC2)C1O[Si](C)(C)C1CCCCC1)C1CCCCC1. The molecule has 4 atom stereocenters. The highest BCUT2D eigenvalue weighted by molar-refractivity contribution is 6.73. The summed E-state index contributed by atoms with van der Waals surface area (Å²) < 4.78 is 30.2. The topological polar surface area (TPSA) is 97.8 Å². The Morgan fingerprint density at radius 3 is 1.68 bits per heavy atom. The summed E-state index contributed by atoms with van der Waals surface area (Å²) in [6, 6.07) is 1.69. The van der Waals surface area contributed by atoms with E-state index in [0.29, 0.717) is 23.2 Å². The summed E-state index contributed by atoms with van der Waals surface area (Å²) in [4.78, 5) is 17.4. The molecule has 1 saturated heterocycles. The van der Waals surface area contributed by atoms with Crippen molar-refractivity contribution < 1.29 is 18.0 Å². The summed E-state index contributed by atoms with van der Waals surface area (Å²) in [5.74, 6) is 0.220. The van der Waals surface area contributed by atoms with Gasteiger partial charge in [-0.3, -0.25) is 4.57 Å². The van der Waals surface area contributed by atoms with Gasteiger partial charge in [-0.15, -0.1) is 0 Å². The molecule has 0 amide bonds. The zero-order chi connectivity index (χ0) is 31.5. The number of hydrogen-bond donors (Lipinski definition) is 1. The molecule has 4 fully saturated rings. The Kier molecular flexibility index (Phi) is 11.4. The van der Waals surface area contributed by atoms with Gasteiger partial charge in [0, 0.05) is 6.20 Å². The number of nitrogens with two attached hydrogens (primary N) is 1. The Morgan fingerprint density at radius 1 is 0.750 bits per heavy atom. The fourth-order valence-electron chi connectivity index (χ4n) is 8.66. The average molecular weight is 664 g/mol. The van der Waals surface area contributed by atoms with Crippen LogP contribution >= 0.6 is 0 Å². The lowest BCUT2D eigenvalue weighted by atomic mass is 10.0. The van der Waals surface area contributed by atoms with Crippen LogP contribution in [0.2, 0.25) is 55.9 Å². The first kappa shape index (κ1) is 34.5. The summed E-state index contributed by atoms with van der Waals surface area (Å²) in [6.45, 7) is 14.8. The minimum Gasteiger partial charge on any atom is -0.414 e.